The first kappa shape index (κ1) is 14.1. The Hall–Kier alpha value is -2.01. The topological polar surface area (TPSA) is 65.0 Å². The van der Waals surface area contributed by atoms with E-state index in [1.165, 1.54) is 7.11 Å². The highest BCUT2D eigenvalue weighted by atomic mass is 16.6. The Morgan fingerprint density at radius 3 is 2.67 bits per heavy atom. The van der Waals surface area contributed by atoms with Gasteiger partial charge in [0.1, 0.15) is 6.61 Å². The lowest BCUT2D eigenvalue weighted by Gasteiger charge is -2.16. The summed E-state index contributed by atoms with van der Waals surface area (Å²) in [6, 6.07) is 7.08. The molecular weight excluding hydrogens is 236 g/mol. The number of methoxy groups -OCH3 is 1. The van der Waals surface area contributed by atoms with Gasteiger partial charge in [0, 0.05) is 6.08 Å². The van der Waals surface area contributed by atoms with Crippen molar-refractivity contribution in [2.75, 3.05) is 20.3 Å². The van der Waals surface area contributed by atoms with Crippen LogP contribution in [-0.4, -0.2) is 37.5 Å². The first-order chi connectivity index (χ1) is 8.71. The van der Waals surface area contributed by atoms with Gasteiger partial charge in [-0.3, -0.25) is 0 Å². The molecule has 0 aromatic heterocycles. The molecule has 0 aliphatic rings. The van der Waals surface area contributed by atoms with E-state index in [1.807, 2.05) is 6.07 Å². The van der Waals surface area contributed by atoms with Crippen molar-refractivity contribution in [3.05, 3.63) is 36.9 Å². The van der Waals surface area contributed by atoms with Crippen LogP contribution in [0, 0.1) is 0 Å². The summed E-state index contributed by atoms with van der Waals surface area (Å²) >= 11 is 0. The number of aliphatic hydroxyl groups is 1. The molecule has 0 aliphatic heterocycles. The van der Waals surface area contributed by atoms with Crippen molar-refractivity contribution in [2.24, 2.45) is 0 Å². The standard InChI is InChI=1S/C13H16O5/c1-3-13(15)18-10(8-14)9-17-12-7-5-4-6-11(12)16-2/h3-7,10,14H,1,8-9H2,2H3. The fourth-order valence-corrected chi connectivity index (χ4v) is 1.26. The molecule has 1 N–H and O–H groups in total. The van der Waals surface area contributed by atoms with E-state index in [1.54, 1.807) is 18.2 Å². The molecule has 0 aliphatic carbocycles. The maximum absolute atomic E-state index is 11.0. The number of hydrogen-bond acceptors (Lipinski definition) is 5. The highest BCUT2D eigenvalue weighted by Crippen LogP contribution is 2.25. The molecule has 0 spiro atoms. The van der Waals surface area contributed by atoms with Gasteiger partial charge >= 0.3 is 5.97 Å². The molecule has 1 unspecified atom stereocenters. The van der Waals surface area contributed by atoms with Crippen LogP contribution in [0.1, 0.15) is 0 Å². The highest BCUT2D eigenvalue weighted by Gasteiger charge is 2.13. The van der Waals surface area contributed by atoms with Gasteiger partial charge in [-0.2, -0.15) is 0 Å². The van der Waals surface area contributed by atoms with Gasteiger partial charge in [-0.25, -0.2) is 4.79 Å². The molecule has 98 valence electrons. The Morgan fingerprint density at radius 1 is 1.44 bits per heavy atom. The molecular formula is C13H16O5. The zero-order valence-corrected chi connectivity index (χ0v) is 10.2. The lowest BCUT2D eigenvalue weighted by Crippen LogP contribution is -2.27. The SMILES string of the molecule is C=CC(=O)OC(CO)COc1ccccc1OC. The highest BCUT2D eigenvalue weighted by molar-refractivity contribution is 5.81. The average Bonchev–Trinajstić information content (AvgIpc) is 2.43. The van der Waals surface area contributed by atoms with Crippen LogP contribution in [0.15, 0.2) is 36.9 Å². The third-order valence-corrected chi connectivity index (χ3v) is 2.15. The molecule has 5 heteroatoms. The zero-order valence-electron chi connectivity index (χ0n) is 10.2. The van der Waals surface area contributed by atoms with Crippen molar-refractivity contribution in [2.45, 2.75) is 6.10 Å². The molecule has 0 fully saturated rings. The summed E-state index contributed by atoms with van der Waals surface area (Å²) < 4.78 is 15.4. The van der Waals surface area contributed by atoms with Crippen LogP contribution in [0.5, 0.6) is 11.5 Å². The molecule has 18 heavy (non-hydrogen) atoms. The number of carbonyl (C=O) groups is 1. The van der Waals surface area contributed by atoms with Crippen molar-refractivity contribution >= 4 is 5.97 Å². The summed E-state index contributed by atoms with van der Waals surface area (Å²) in [6.07, 6.45) is 0.298. The van der Waals surface area contributed by atoms with E-state index in [-0.39, 0.29) is 13.2 Å². The van der Waals surface area contributed by atoms with Crippen molar-refractivity contribution < 1.29 is 24.1 Å². The molecule has 1 aromatic rings. The summed E-state index contributed by atoms with van der Waals surface area (Å²) in [6.45, 7) is 2.99. The number of para-hydroxylation sites is 2. The minimum absolute atomic E-state index is 0.0381. The van der Waals surface area contributed by atoms with Crippen molar-refractivity contribution in [1.29, 1.82) is 0 Å². The lowest BCUT2D eigenvalue weighted by molar-refractivity contribution is -0.146. The van der Waals surface area contributed by atoms with Gasteiger partial charge in [0.2, 0.25) is 0 Å². The summed E-state index contributed by atoms with van der Waals surface area (Å²) in [7, 11) is 1.53. The van der Waals surface area contributed by atoms with E-state index in [0.29, 0.717) is 11.5 Å². The van der Waals surface area contributed by atoms with Gasteiger partial charge in [-0.15, -0.1) is 0 Å². The van der Waals surface area contributed by atoms with Crippen LogP contribution in [0.3, 0.4) is 0 Å². The largest absolute Gasteiger partial charge is 0.493 e. The fraction of sp³-hybridized carbons (Fsp3) is 0.308. The van der Waals surface area contributed by atoms with Crippen LogP contribution in [-0.2, 0) is 9.53 Å². The van der Waals surface area contributed by atoms with E-state index in [2.05, 4.69) is 6.58 Å². The van der Waals surface area contributed by atoms with E-state index in [9.17, 15) is 4.79 Å². The van der Waals surface area contributed by atoms with Crippen LogP contribution in [0.4, 0.5) is 0 Å². The van der Waals surface area contributed by atoms with Crippen LogP contribution < -0.4 is 9.47 Å². The monoisotopic (exact) mass is 252 g/mol. The van der Waals surface area contributed by atoms with Gasteiger partial charge in [0.15, 0.2) is 17.6 Å². The fourth-order valence-electron chi connectivity index (χ4n) is 1.26. The number of benzene rings is 1. The van der Waals surface area contributed by atoms with Gasteiger partial charge in [0.05, 0.1) is 13.7 Å². The molecule has 0 amide bonds. The van der Waals surface area contributed by atoms with E-state index in [4.69, 9.17) is 19.3 Å². The van der Waals surface area contributed by atoms with Gasteiger partial charge in [-0.1, -0.05) is 18.7 Å². The van der Waals surface area contributed by atoms with Crippen molar-refractivity contribution in [3.63, 3.8) is 0 Å². The first-order valence-corrected chi connectivity index (χ1v) is 5.41. The Labute approximate surface area is 106 Å². The Bertz CT molecular complexity index is 402. The van der Waals surface area contributed by atoms with Gasteiger partial charge < -0.3 is 19.3 Å². The molecule has 0 saturated heterocycles. The third kappa shape index (κ3) is 4.10. The maximum atomic E-state index is 11.0. The zero-order chi connectivity index (χ0) is 13.4. The molecule has 1 aromatic carbocycles. The van der Waals surface area contributed by atoms with Gasteiger partial charge in [0.25, 0.3) is 0 Å². The Kier molecular flexibility index (Phi) is 5.73. The van der Waals surface area contributed by atoms with Crippen LogP contribution in [0.2, 0.25) is 0 Å². The Balaban J connectivity index is 2.56. The molecule has 0 radical (unpaired) electrons. The number of esters is 1. The smallest absolute Gasteiger partial charge is 0.330 e. The minimum atomic E-state index is -0.736. The number of rotatable bonds is 7. The van der Waals surface area contributed by atoms with E-state index < -0.39 is 12.1 Å². The normalized spacial score (nSPS) is 11.4. The maximum Gasteiger partial charge on any atom is 0.330 e. The summed E-state index contributed by atoms with van der Waals surface area (Å²) in [5.41, 5.74) is 0. The molecule has 0 bridgehead atoms. The molecule has 1 rings (SSSR count). The molecule has 5 nitrogen and oxygen atoms in total. The predicted octanol–water partition coefficient (Wildman–Crippen LogP) is 1.16. The lowest BCUT2D eigenvalue weighted by atomic mass is 10.3. The molecule has 1 atom stereocenters. The van der Waals surface area contributed by atoms with Crippen LogP contribution >= 0.6 is 0 Å². The first-order valence-electron chi connectivity index (χ1n) is 5.41. The Morgan fingerprint density at radius 2 is 2.11 bits per heavy atom. The van der Waals surface area contributed by atoms with E-state index >= 15 is 0 Å². The second-order valence-corrected chi connectivity index (χ2v) is 3.41. The molecule has 0 saturated carbocycles. The molecule has 0 heterocycles. The van der Waals surface area contributed by atoms with Crippen molar-refractivity contribution in [3.8, 4) is 11.5 Å². The van der Waals surface area contributed by atoms with Crippen molar-refractivity contribution in [1.82, 2.24) is 0 Å². The number of ether oxygens (including phenoxy) is 3. The number of carbonyl (C=O) groups excluding carboxylic acids is 1. The van der Waals surface area contributed by atoms with Gasteiger partial charge in [-0.05, 0) is 12.1 Å². The number of aliphatic hydroxyl groups excluding tert-OH is 1. The second-order valence-electron chi connectivity index (χ2n) is 3.41. The minimum Gasteiger partial charge on any atom is -0.493 e. The predicted molar refractivity (Wildman–Crippen MR) is 65.7 cm³/mol. The summed E-state index contributed by atoms with van der Waals surface area (Å²) in [5, 5.41) is 9.05. The average molecular weight is 252 g/mol. The van der Waals surface area contributed by atoms with Crippen LogP contribution in [0.25, 0.3) is 0 Å². The second kappa shape index (κ2) is 7.34. The summed E-state index contributed by atoms with van der Waals surface area (Å²) in [4.78, 5) is 11.0. The van der Waals surface area contributed by atoms with E-state index in [0.717, 1.165) is 6.08 Å². The number of hydrogen-bond donors (Lipinski definition) is 1. The quantitative estimate of drug-likeness (QED) is 0.583. The summed E-state index contributed by atoms with van der Waals surface area (Å²) in [5.74, 6) is 0.495. The third-order valence-electron chi connectivity index (χ3n) is 2.15.